The van der Waals surface area contributed by atoms with E-state index in [1.54, 1.807) is 12.1 Å². The first kappa shape index (κ1) is 13.1. The van der Waals surface area contributed by atoms with Gasteiger partial charge in [-0.3, -0.25) is 0 Å². The monoisotopic (exact) mass is 276 g/mol. The zero-order valence-corrected chi connectivity index (χ0v) is 10.7. The Bertz CT molecular complexity index is 712. The van der Waals surface area contributed by atoms with Crippen LogP contribution >= 0.6 is 0 Å². The number of nitrogens with zero attached hydrogens (tertiary/aromatic N) is 1. The van der Waals surface area contributed by atoms with Crippen molar-refractivity contribution in [2.75, 3.05) is 11.3 Å². The van der Waals surface area contributed by atoms with E-state index in [-0.39, 0.29) is 17.4 Å². The Morgan fingerprint density at radius 2 is 2.26 bits per heavy atom. The van der Waals surface area contributed by atoms with Gasteiger partial charge in [-0.05, 0) is 18.2 Å². The molecule has 7 heteroatoms. The van der Waals surface area contributed by atoms with Gasteiger partial charge in [-0.1, -0.05) is 17.9 Å². The van der Waals surface area contributed by atoms with Gasteiger partial charge in [0.1, 0.15) is 0 Å². The third-order valence-electron chi connectivity index (χ3n) is 2.21. The zero-order valence-electron chi connectivity index (χ0n) is 9.92. The molecule has 2 rings (SSSR count). The van der Waals surface area contributed by atoms with Crippen LogP contribution in [-0.2, 0) is 10.0 Å². The molecule has 2 aromatic rings. The summed E-state index contributed by atoms with van der Waals surface area (Å²) in [6, 6.07) is 6.30. The number of imidazole rings is 1. The van der Waals surface area contributed by atoms with E-state index in [0.29, 0.717) is 5.56 Å². The number of hydrogen-bond donors (Lipinski definition) is 3. The second-order valence-corrected chi connectivity index (χ2v) is 5.26. The molecule has 0 radical (unpaired) electrons. The summed E-state index contributed by atoms with van der Waals surface area (Å²) >= 11 is 0. The number of rotatable bonds is 3. The predicted octanol–water partition coefficient (Wildman–Crippen LogP) is 0.521. The lowest BCUT2D eigenvalue weighted by Gasteiger charge is -2.05. The molecule has 0 saturated carbocycles. The molecule has 19 heavy (non-hydrogen) atoms. The summed E-state index contributed by atoms with van der Waals surface area (Å²) in [6.07, 6.45) is 2.99. The molecule has 0 saturated heterocycles. The molecule has 0 bridgehead atoms. The molecule has 1 aromatic carbocycles. The maximum atomic E-state index is 12.1. The zero-order chi connectivity index (χ0) is 13.7. The van der Waals surface area contributed by atoms with E-state index in [1.165, 1.54) is 24.5 Å². The Hall–Kier alpha value is -2.30. The van der Waals surface area contributed by atoms with Gasteiger partial charge in [0.25, 0.3) is 10.0 Å². The number of nitrogens with two attached hydrogens (primary N) is 1. The van der Waals surface area contributed by atoms with Crippen molar-refractivity contribution >= 4 is 16.0 Å². The molecule has 0 spiro atoms. The lowest BCUT2D eigenvalue weighted by molar-refractivity contribution is 0.601. The third-order valence-corrected chi connectivity index (χ3v) is 3.55. The first-order valence-corrected chi connectivity index (χ1v) is 6.91. The molecule has 0 fully saturated rings. The molecule has 1 heterocycles. The molecule has 98 valence electrons. The Morgan fingerprint density at radius 1 is 1.42 bits per heavy atom. The lowest BCUT2D eigenvalue weighted by Crippen LogP contribution is -2.14. The number of hydrogen-bond acceptors (Lipinski definition) is 4. The van der Waals surface area contributed by atoms with Crippen molar-refractivity contribution in [2.45, 2.75) is 4.90 Å². The number of H-pyrrole nitrogens is 1. The number of benzene rings is 1. The van der Waals surface area contributed by atoms with Crippen LogP contribution in [0.1, 0.15) is 5.56 Å². The molecule has 6 nitrogen and oxygen atoms in total. The number of aromatic amines is 1. The van der Waals surface area contributed by atoms with Gasteiger partial charge in [-0.15, -0.1) is 0 Å². The average Bonchev–Trinajstić information content (AvgIpc) is 2.89. The highest BCUT2D eigenvalue weighted by molar-refractivity contribution is 7.92. The third kappa shape index (κ3) is 3.34. The number of aromatic nitrogens is 2. The number of nitrogens with one attached hydrogen (secondary N) is 2. The first-order chi connectivity index (χ1) is 9.12. The van der Waals surface area contributed by atoms with Crippen molar-refractivity contribution in [3.8, 4) is 11.8 Å². The quantitative estimate of drug-likeness (QED) is 0.711. The van der Waals surface area contributed by atoms with E-state index in [2.05, 4.69) is 26.5 Å². The van der Waals surface area contributed by atoms with Crippen LogP contribution in [0.25, 0.3) is 0 Å². The normalized spacial score (nSPS) is 10.6. The molecule has 0 aliphatic carbocycles. The van der Waals surface area contributed by atoms with Gasteiger partial charge in [0.05, 0.1) is 11.4 Å². The minimum absolute atomic E-state index is 0.118. The molecular weight excluding hydrogens is 264 g/mol. The fourth-order valence-corrected chi connectivity index (χ4v) is 2.43. The van der Waals surface area contributed by atoms with Crippen LogP contribution in [0.2, 0.25) is 0 Å². The Kier molecular flexibility index (Phi) is 3.85. The van der Waals surface area contributed by atoms with E-state index in [0.717, 1.165) is 0 Å². The molecule has 4 N–H and O–H groups in total. The summed E-state index contributed by atoms with van der Waals surface area (Å²) in [5, 5.41) is 0. The molecule has 0 aliphatic heterocycles. The van der Waals surface area contributed by atoms with Gasteiger partial charge in [0, 0.05) is 18.0 Å². The van der Waals surface area contributed by atoms with E-state index < -0.39 is 10.0 Å². The molecule has 0 atom stereocenters. The van der Waals surface area contributed by atoms with Crippen LogP contribution in [0.15, 0.2) is 41.6 Å². The Balaban J connectivity index is 2.30. The predicted molar refractivity (Wildman–Crippen MR) is 71.8 cm³/mol. The van der Waals surface area contributed by atoms with Gasteiger partial charge >= 0.3 is 0 Å². The first-order valence-electron chi connectivity index (χ1n) is 5.43. The smallest absolute Gasteiger partial charge is 0.264 e. The van der Waals surface area contributed by atoms with Crippen molar-refractivity contribution in [3.63, 3.8) is 0 Å². The van der Waals surface area contributed by atoms with Gasteiger partial charge in [-0.2, -0.15) is 0 Å². The minimum Gasteiger partial charge on any atom is -0.330 e. The maximum absolute atomic E-state index is 12.1. The molecule has 0 amide bonds. The summed E-state index contributed by atoms with van der Waals surface area (Å²) in [5.41, 5.74) is 5.86. The second kappa shape index (κ2) is 5.56. The van der Waals surface area contributed by atoms with Gasteiger partial charge in [-0.25, -0.2) is 18.1 Å². The van der Waals surface area contributed by atoms with Gasteiger partial charge < -0.3 is 10.7 Å². The van der Waals surface area contributed by atoms with E-state index in [9.17, 15) is 8.42 Å². The van der Waals surface area contributed by atoms with Crippen LogP contribution in [0, 0.1) is 11.8 Å². The van der Waals surface area contributed by atoms with Crippen LogP contribution in [0.5, 0.6) is 0 Å². The summed E-state index contributed by atoms with van der Waals surface area (Å²) < 4.78 is 26.5. The minimum atomic E-state index is -3.67. The summed E-state index contributed by atoms with van der Waals surface area (Å²) in [5.74, 6) is 5.62. The summed E-state index contributed by atoms with van der Waals surface area (Å²) in [6.45, 7) is 0.224. The molecule has 1 aromatic heterocycles. The average molecular weight is 276 g/mol. The second-order valence-electron chi connectivity index (χ2n) is 3.58. The largest absolute Gasteiger partial charge is 0.330 e. The van der Waals surface area contributed by atoms with Crippen LogP contribution in [-0.4, -0.2) is 24.9 Å². The van der Waals surface area contributed by atoms with E-state index >= 15 is 0 Å². The maximum Gasteiger partial charge on any atom is 0.264 e. The Labute approximate surface area is 111 Å². The topological polar surface area (TPSA) is 101 Å². The van der Waals surface area contributed by atoms with Crippen LogP contribution < -0.4 is 10.5 Å². The highest BCUT2D eigenvalue weighted by atomic mass is 32.2. The van der Waals surface area contributed by atoms with E-state index in [1.807, 2.05) is 0 Å². The SMILES string of the molecule is NCC#Cc1cccc(S(=O)(=O)Nc2ncc[nH]2)c1. The van der Waals surface area contributed by atoms with Gasteiger partial charge in [0.2, 0.25) is 5.95 Å². The lowest BCUT2D eigenvalue weighted by atomic mass is 10.2. The van der Waals surface area contributed by atoms with Crippen molar-refractivity contribution < 1.29 is 8.42 Å². The van der Waals surface area contributed by atoms with Crippen molar-refractivity contribution in [1.82, 2.24) is 9.97 Å². The standard InChI is InChI=1S/C12H12N4O2S/c13-6-2-4-10-3-1-5-11(9-10)19(17,18)16-12-14-7-8-15-12/h1,3,5,7-9H,6,13H2,(H2,14,15,16). The van der Waals surface area contributed by atoms with Gasteiger partial charge in [0.15, 0.2) is 0 Å². The molecule has 0 unspecified atom stereocenters. The van der Waals surface area contributed by atoms with Crippen LogP contribution in [0.3, 0.4) is 0 Å². The number of anilines is 1. The molecule has 0 aliphatic rings. The highest BCUT2D eigenvalue weighted by Crippen LogP contribution is 2.14. The fraction of sp³-hybridized carbons (Fsp3) is 0.0833. The summed E-state index contributed by atoms with van der Waals surface area (Å²) in [4.78, 5) is 6.59. The fourth-order valence-electron chi connectivity index (χ4n) is 1.40. The van der Waals surface area contributed by atoms with Crippen molar-refractivity contribution in [2.24, 2.45) is 5.73 Å². The van der Waals surface area contributed by atoms with Crippen LogP contribution in [0.4, 0.5) is 5.95 Å². The van der Waals surface area contributed by atoms with Crippen molar-refractivity contribution in [3.05, 3.63) is 42.2 Å². The molecular formula is C12H12N4O2S. The van der Waals surface area contributed by atoms with Crippen molar-refractivity contribution in [1.29, 1.82) is 0 Å². The highest BCUT2D eigenvalue weighted by Gasteiger charge is 2.15. The van der Waals surface area contributed by atoms with E-state index in [4.69, 9.17) is 5.73 Å². The summed E-state index contributed by atoms with van der Waals surface area (Å²) in [7, 11) is -3.67. The number of sulfonamides is 1. The Morgan fingerprint density at radius 3 is 2.95 bits per heavy atom.